The molecule has 0 bridgehead atoms. The number of ether oxygens (including phenoxy) is 2. The van der Waals surface area contributed by atoms with E-state index in [-0.39, 0.29) is 43.9 Å². The van der Waals surface area contributed by atoms with E-state index >= 15 is 0 Å². The number of amides is 2. The molecular formula is C32H29FN2O4. The molecule has 4 aromatic carbocycles. The molecule has 0 unspecified atom stereocenters. The molecular weight excluding hydrogens is 495 g/mol. The number of aryl methyl sites for hydroxylation is 1. The van der Waals surface area contributed by atoms with E-state index in [2.05, 4.69) is 5.32 Å². The van der Waals surface area contributed by atoms with Gasteiger partial charge in [-0.2, -0.15) is 0 Å². The van der Waals surface area contributed by atoms with Crippen LogP contribution in [0.25, 0.3) is 0 Å². The highest BCUT2D eigenvalue weighted by Gasteiger charge is 2.31. The minimum Gasteiger partial charge on any atom is -0.454 e. The molecule has 1 atom stereocenters. The Bertz CT molecular complexity index is 1410. The molecule has 5 rings (SSSR count). The van der Waals surface area contributed by atoms with Crippen LogP contribution in [0.5, 0.6) is 11.5 Å². The minimum atomic E-state index is -0.881. The lowest BCUT2D eigenvalue weighted by Gasteiger charge is -2.32. The Morgan fingerprint density at radius 1 is 0.795 bits per heavy atom. The molecule has 0 fully saturated rings. The van der Waals surface area contributed by atoms with Crippen molar-refractivity contribution >= 4 is 11.8 Å². The van der Waals surface area contributed by atoms with Crippen LogP contribution >= 0.6 is 0 Å². The molecule has 0 radical (unpaired) electrons. The molecule has 1 N–H and O–H groups in total. The lowest BCUT2D eigenvalue weighted by Crippen LogP contribution is -2.43. The van der Waals surface area contributed by atoms with Gasteiger partial charge in [0.25, 0.3) is 0 Å². The van der Waals surface area contributed by atoms with Crippen LogP contribution in [0.15, 0.2) is 103 Å². The summed E-state index contributed by atoms with van der Waals surface area (Å²) in [5, 5.41) is 3.00. The highest BCUT2D eigenvalue weighted by Crippen LogP contribution is 2.32. The zero-order chi connectivity index (χ0) is 27.0. The smallest absolute Gasteiger partial charge is 0.247 e. The fourth-order valence-electron chi connectivity index (χ4n) is 4.59. The van der Waals surface area contributed by atoms with Crippen LogP contribution in [0.1, 0.15) is 34.7 Å². The third kappa shape index (κ3) is 6.62. The van der Waals surface area contributed by atoms with Gasteiger partial charge in [0.15, 0.2) is 11.5 Å². The normalized spacial score (nSPS) is 12.5. The standard InChI is InChI=1S/C32H29FN2O4/c33-27-15-11-24(12-16-27)21-35(30(36)18-14-23-7-3-1-4-8-23)31(26-9-5-2-6-10-26)32(37)34-20-25-13-17-28-29(19-25)39-22-38-28/h1-13,15-17,19,31H,14,18,20-22H2,(H,34,37)/t31-/m0/s1. The van der Waals surface area contributed by atoms with Gasteiger partial charge in [0.05, 0.1) is 0 Å². The summed E-state index contributed by atoms with van der Waals surface area (Å²) in [5.41, 5.74) is 3.31. The Labute approximate surface area is 227 Å². The van der Waals surface area contributed by atoms with Crippen molar-refractivity contribution in [1.29, 1.82) is 0 Å². The molecule has 198 valence electrons. The van der Waals surface area contributed by atoms with Gasteiger partial charge in [0.1, 0.15) is 11.9 Å². The highest BCUT2D eigenvalue weighted by molar-refractivity contribution is 5.88. The van der Waals surface area contributed by atoms with Gasteiger partial charge in [-0.25, -0.2) is 4.39 Å². The molecule has 7 heteroatoms. The van der Waals surface area contributed by atoms with Crippen LogP contribution < -0.4 is 14.8 Å². The number of fused-ring (bicyclic) bond motifs is 1. The summed E-state index contributed by atoms with van der Waals surface area (Å²) in [6.07, 6.45) is 0.768. The van der Waals surface area contributed by atoms with Gasteiger partial charge in [-0.05, 0) is 52.9 Å². The molecule has 0 saturated heterocycles. The van der Waals surface area contributed by atoms with Gasteiger partial charge >= 0.3 is 0 Å². The Kier molecular flexibility index (Phi) is 8.17. The molecule has 0 saturated carbocycles. The highest BCUT2D eigenvalue weighted by atomic mass is 19.1. The van der Waals surface area contributed by atoms with Crippen molar-refractivity contribution < 1.29 is 23.5 Å². The van der Waals surface area contributed by atoms with Gasteiger partial charge < -0.3 is 19.7 Å². The Balaban J connectivity index is 1.41. The summed E-state index contributed by atoms with van der Waals surface area (Å²) < 4.78 is 24.5. The second kappa shape index (κ2) is 12.3. The van der Waals surface area contributed by atoms with Crippen molar-refractivity contribution in [1.82, 2.24) is 10.2 Å². The summed E-state index contributed by atoms with van der Waals surface area (Å²) in [5.74, 6) is 0.461. The number of hydrogen-bond donors (Lipinski definition) is 1. The molecule has 1 aliphatic heterocycles. The molecule has 1 aliphatic rings. The third-order valence-corrected chi connectivity index (χ3v) is 6.64. The fourth-order valence-corrected chi connectivity index (χ4v) is 4.59. The van der Waals surface area contributed by atoms with Crippen molar-refractivity contribution in [2.75, 3.05) is 6.79 Å². The first-order valence-electron chi connectivity index (χ1n) is 12.9. The maximum Gasteiger partial charge on any atom is 0.247 e. The largest absolute Gasteiger partial charge is 0.454 e. The van der Waals surface area contributed by atoms with E-state index in [4.69, 9.17) is 9.47 Å². The van der Waals surface area contributed by atoms with Gasteiger partial charge in [-0.15, -0.1) is 0 Å². The van der Waals surface area contributed by atoms with Crippen LogP contribution in [-0.2, 0) is 29.1 Å². The fraction of sp³-hybridized carbons (Fsp3) is 0.188. The zero-order valence-corrected chi connectivity index (χ0v) is 21.4. The average molecular weight is 525 g/mol. The summed E-state index contributed by atoms with van der Waals surface area (Å²) >= 11 is 0. The second-order valence-electron chi connectivity index (χ2n) is 9.35. The predicted molar refractivity (Wildman–Crippen MR) is 145 cm³/mol. The van der Waals surface area contributed by atoms with E-state index in [0.717, 1.165) is 16.7 Å². The van der Waals surface area contributed by atoms with E-state index in [0.29, 0.717) is 23.5 Å². The molecule has 39 heavy (non-hydrogen) atoms. The van der Waals surface area contributed by atoms with Crippen molar-refractivity contribution in [2.45, 2.75) is 32.0 Å². The number of carbonyl (C=O) groups is 2. The first-order valence-corrected chi connectivity index (χ1v) is 12.9. The van der Waals surface area contributed by atoms with Crippen LogP contribution in [0, 0.1) is 5.82 Å². The molecule has 4 aromatic rings. The number of nitrogens with one attached hydrogen (secondary N) is 1. The monoisotopic (exact) mass is 524 g/mol. The van der Waals surface area contributed by atoms with Crippen molar-refractivity contribution in [3.05, 3.63) is 131 Å². The summed E-state index contributed by atoms with van der Waals surface area (Å²) in [6.45, 7) is 0.580. The zero-order valence-electron chi connectivity index (χ0n) is 21.4. The van der Waals surface area contributed by atoms with Gasteiger partial charge in [0.2, 0.25) is 18.6 Å². The second-order valence-corrected chi connectivity index (χ2v) is 9.35. The molecule has 1 heterocycles. The van der Waals surface area contributed by atoms with Gasteiger partial charge in [-0.3, -0.25) is 9.59 Å². The Morgan fingerprint density at radius 2 is 1.46 bits per heavy atom. The van der Waals surface area contributed by atoms with E-state index < -0.39 is 6.04 Å². The van der Waals surface area contributed by atoms with Gasteiger partial charge in [-0.1, -0.05) is 78.9 Å². The SMILES string of the molecule is O=C(NCc1ccc2c(c1)OCO2)[C@H](c1ccccc1)N(Cc1ccc(F)cc1)C(=O)CCc1ccccc1. The van der Waals surface area contributed by atoms with Crippen LogP contribution in [0.3, 0.4) is 0 Å². The predicted octanol–water partition coefficient (Wildman–Crippen LogP) is 5.57. The van der Waals surface area contributed by atoms with Gasteiger partial charge in [0, 0.05) is 19.5 Å². The molecule has 2 amide bonds. The first kappa shape index (κ1) is 26.0. The number of carbonyl (C=O) groups excluding carboxylic acids is 2. The summed E-state index contributed by atoms with van der Waals surface area (Å²) in [4.78, 5) is 29.1. The molecule has 0 aromatic heterocycles. The van der Waals surface area contributed by atoms with E-state index in [1.807, 2.05) is 78.9 Å². The first-order chi connectivity index (χ1) is 19.1. The average Bonchev–Trinajstić information content (AvgIpc) is 3.45. The maximum absolute atomic E-state index is 13.8. The number of nitrogens with zero attached hydrogens (tertiary/aromatic N) is 1. The molecule has 0 spiro atoms. The lowest BCUT2D eigenvalue weighted by atomic mass is 10.0. The third-order valence-electron chi connectivity index (χ3n) is 6.64. The summed E-state index contributed by atoms with van der Waals surface area (Å²) in [7, 11) is 0. The van der Waals surface area contributed by atoms with E-state index in [9.17, 15) is 14.0 Å². The number of hydrogen-bond acceptors (Lipinski definition) is 4. The van der Waals surface area contributed by atoms with E-state index in [1.165, 1.54) is 12.1 Å². The number of halogens is 1. The topological polar surface area (TPSA) is 67.9 Å². The minimum absolute atomic E-state index is 0.158. The Morgan fingerprint density at radius 3 is 2.21 bits per heavy atom. The lowest BCUT2D eigenvalue weighted by molar-refractivity contribution is -0.141. The van der Waals surface area contributed by atoms with Crippen LogP contribution in [0.2, 0.25) is 0 Å². The van der Waals surface area contributed by atoms with E-state index in [1.54, 1.807) is 17.0 Å². The van der Waals surface area contributed by atoms with Crippen molar-refractivity contribution in [3.63, 3.8) is 0 Å². The Hall–Kier alpha value is -4.65. The van der Waals surface area contributed by atoms with Crippen molar-refractivity contribution in [2.24, 2.45) is 0 Å². The summed E-state index contributed by atoms with van der Waals surface area (Å²) in [6, 6.07) is 29.6. The molecule has 0 aliphatic carbocycles. The van der Waals surface area contributed by atoms with Crippen LogP contribution in [-0.4, -0.2) is 23.5 Å². The van der Waals surface area contributed by atoms with Crippen molar-refractivity contribution in [3.8, 4) is 11.5 Å². The molecule has 6 nitrogen and oxygen atoms in total. The quantitative estimate of drug-likeness (QED) is 0.294. The maximum atomic E-state index is 13.8. The number of rotatable bonds is 10. The van der Waals surface area contributed by atoms with Crippen LogP contribution in [0.4, 0.5) is 4.39 Å². The number of benzene rings is 4.